The van der Waals surface area contributed by atoms with Gasteiger partial charge in [-0.15, -0.1) is 0 Å². The molecule has 0 spiro atoms. The first-order valence-corrected chi connectivity index (χ1v) is 5.09. The average molecular weight is 195 g/mol. The predicted octanol–water partition coefficient (Wildman–Crippen LogP) is 1.26. The van der Waals surface area contributed by atoms with E-state index in [1.165, 1.54) is 0 Å². The summed E-state index contributed by atoms with van der Waals surface area (Å²) in [5.74, 6) is 0. The van der Waals surface area contributed by atoms with Crippen LogP contribution >= 0.6 is 0 Å². The minimum absolute atomic E-state index is 0.0402. The molecule has 3 heteroatoms. The van der Waals surface area contributed by atoms with Gasteiger partial charge in [-0.25, -0.2) is 0 Å². The van der Waals surface area contributed by atoms with E-state index >= 15 is 0 Å². The largest absolute Gasteiger partial charge is 0.402 e. The smallest absolute Gasteiger partial charge is 0.0520 e. The number of hydrogen-bond acceptors (Lipinski definition) is 3. The molecule has 0 unspecified atom stereocenters. The van der Waals surface area contributed by atoms with Gasteiger partial charge in [-0.2, -0.15) is 0 Å². The molecule has 1 heterocycles. The lowest BCUT2D eigenvalue weighted by atomic mass is 9.91. The third-order valence-electron chi connectivity index (χ3n) is 2.42. The van der Waals surface area contributed by atoms with Crippen LogP contribution in [0.2, 0.25) is 0 Å². The zero-order valence-corrected chi connectivity index (χ0v) is 9.67. The molecule has 1 aliphatic heterocycles. The maximum Gasteiger partial charge on any atom is 0.0520 e. The summed E-state index contributed by atoms with van der Waals surface area (Å²) in [5.41, 5.74) is 8.04. The van der Waals surface area contributed by atoms with Crippen molar-refractivity contribution >= 4 is 5.71 Å². The van der Waals surface area contributed by atoms with E-state index in [2.05, 4.69) is 37.7 Å². The van der Waals surface area contributed by atoms with Crippen molar-refractivity contribution in [3.8, 4) is 0 Å². The molecule has 1 aliphatic rings. The van der Waals surface area contributed by atoms with E-state index in [9.17, 15) is 0 Å². The number of aliphatic imine (C=N–C) groups is 1. The van der Waals surface area contributed by atoms with Crippen molar-refractivity contribution in [3.63, 3.8) is 0 Å². The molecular weight excluding hydrogens is 174 g/mol. The number of nitrogens with two attached hydrogens (primary N) is 1. The van der Waals surface area contributed by atoms with Crippen LogP contribution in [0.5, 0.6) is 0 Å². The van der Waals surface area contributed by atoms with E-state index in [1.807, 2.05) is 6.08 Å². The van der Waals surface area contributed by atoms with Crippen LogP contribution < -0.4 is 5.73 Å². The van der Waals surface area contributed by atoms with E-state index in [-0.39, 0.29) is 5.41 Å². The second-order valence-electron chi connectivity index (χ2n) is 4.96. The van der Waals surface area contributed by atoms with Crippen LogP contribution in [0.1, 0.15) is 20.8 Å². The fourth-order valence-electron chi connectivity index (χ4n) is 1.26. The Bertz CT molecular complexity index is 258. The summed E-state index contributed by atoms with van der Waals surface area (Å²) in [4.78, 5) is 6.71. The number of rotatable bonds is 1. The topological polar surface area (TPSA) is 41.6 Å². The highest BCUT2D eigenvalue weighted by atomic mass is 15.1. The Morgan fingerprint density at radius 1 is 1.50 bits per heavy atom. The number of hydrogen-bond donors (Lipinski definition) is 1. The first-order chi connectivity index (χ1) is 6.39. The highest BCUT2D eigenvalue weighted by molar-refractivity contribution is 5.97. The normalized spacial score (nSPS) is 20.9. The fourth-order valence-corrected chi connectivity index (χ4v) is 1.26. The second kappa shape index (κ2) is 4.13. The average Bonchev–Trinajstić information content (AvgIpc) is 2.02. The first-order valence-electron chi connectivity index (χ1n) is 5.09. The Morgan fingerprint density at radius 3 is 2.64 bits per heavy atom. The Labute approximate surface area is 86.7 Å². The zero-order valence-electron chi connectivity index (χ0n) is 9.67. The van der Waals surface area contributed by atoms with Crippen LogP contribution in [-0.2, 0) is 0 Å². The second-order valence-corrected chi connectivity index (χ2v) is 4.96. The molecule has 80 valence electrons. The minimum atomic E-state index is 0.0402. The lowest BCUT2D eigenvalue weighted by molar-refractivity contribution is 0.379. The third kappa shape index (κ3) is 3.14. The van der Waals surface area contributed by atoms with Gasteiger partial charge in [0.2, 0.25) is 0 Å². The van der Waals surface area contributed by atoms with E-state index in [0.29, 0.717) is 0 Å². The molecule has 0 saturated carbocycles. The lowest BCUT2D eigenvalue weighted by Crippen LogP contribution is -2.33. The van der Waals surface area contributed by atoms with Crippen molar-refractivity contribution in [3.05, 3.63) is 11.8 Å². The molecule has 2 N–H and O–H groups in total. The summed E-state index contributed by atoms with van der Waals surface area (Å²) in [7, 11) is 2.11. The SMILES string of the molecule is CN1CCN=C(/C=C(\N)C(C)(C)C)C1. The number of likely N-dealkylation sites (N-methyl/N-ethyl adjacent to an activating group) is 1. The lowest BCUT2D eigenvalue weighted by Gasteiger charge is -2.23. The summed E-state index contributed by atoms with van der Waals surface area (Å²) < 4.78 is 0. The van der Waals surface area contributed by atoms with Crippen molar-refractivity contribution in [2.45, 2.75) is 20.8 Å². The monoisotopic (exact) mass is 195 g/mol. The Hall–Kier alpha value is -0.830. The van der Waals surface area contributed by atoms with Gasteiger partial charge in [-0.3, -0.25) is 9.89 Å². The summed E-state index contributed by atoms with van der Waals surface area (Å²) in [6.45, 7) is 9.20. The maximum absolute atomic E-state index is 5.99. The van der Waals surface area contributed by atoms with Crippen molar-refractivity contribution in [1.29, 1.82) is 0 Å². The summed E-state index contributed by atoms with van der Waals surface area (Å²) in [6.07, 6.45) is 2.02. The molecule has 0 aliphatic carbocycles. The molecule has 0 saturated heterocycles. The Morgan fingerprint density at radius 2 is 2.14 bits per heavy atom. The van der Waals surface area contributed by atoms with Gasteiger partial charge >= 0.3 is 0 Å². The minimum Gasteiger partial charge on any atom is -0.402 e. The highest BCUT2D eigenvalue weighted by Crippen LogP contribution is 2.20. The van der Waals surface area contributed by atoms with Crippen LogP contribution in [0.3, 0.4) is 0 Å². The van der Waals surface area contributed by atoms with Gasteiger partial charge < -0.3 is 5.73 Å². The summed E-state index contributed by atoms with van der Waals surface area (Å²) >= 11 is 0. The van der Waals surface area contributed by atoms with Gasteiger partial charge in [-0.05, 0) is 13.1 Å². The fraction of sp³-hybridized carbons (Fsp3) is 0.727. The summed E-state index contributed by atoms with van der Waals surface area (Å²) in [5, 5.41) is 0. The van der Waals surface area contributed by atoms with Crippen molar-refractivity contribution in [2.75, 3.05) is 26.7 Å². The molecule has 0 amide bonds. The summed E-state index contributed by atoms with van der Waals surface area (Å²) in [6, 6.07) is 0. The standard InChI is InChI=1S/C11H21N3/c1-11(2,3)10(12)7-9-8-14(4)6-5-13-9/h7H,5-6,8,12H2,1-4H3/b10-7-. The molecule has 0 aromatic rings. The number of nitrogens with zero attached hydrogens (tertiary/aromatic N) is 2. The number of allylic oxidation sites excluding steroid dienone is 1. The molecule has 3 nitrogen and oxygen atoms in total. The molecule has 0 fully saturated rings. The molecule has 0 atom stereocenters. The van der Waals surface area contributed by atoms with Crippen molar-refractivity contribution < 1.29 is 0 Å². The maximum atomic E-state index is 5.99. The molecule has 0 radical (unpaired) electrons. The van der Waals surface area contributed by atoms with Gasteiger partial charge in [0.1, 0.15) is 0 Å². The molecule has 0 aromatic carbocycles. The zero-order chi connectivity index (χ0) is 10.8. The van der Waals surface area contributed by atoms with Crippen molar-refractivity contribution in [2.24, 2.45) is 16.1 Å². The first kappa shape index (κ1) is 11.2. The van der Waals surface area contributed by atoms with Gasteiger partial charge in [-0.1, -0.05) is 20.8 Å². The van der Waals surface area contributed by atoms with Gasteiger partial charge in [0.15, 0.2) is 0 Å². The molecule has 1 rings (SSSR count). The van der Waals surface area contributed by atoms with E-state index in [4.69, 9.17) is 5.73 Å². The predicted molar refractivity (Wildman–Crippen MR) is 61.5 cm³/mol. The molecule has 0 aromatic heterocycles. The van der Waals surface area contributed by atoms with Gasteiger partial charge in [0.05, 0.1) is 12.3 Å². The molecule has 0 bridgehead atoms. The highest BCUT2D eigenvalue weighted by Gasteiger charge is 2.15. The van der Waals surface area contributed by atoms with E-state index < -0.39 is 0 Å². The van der Waals surface area contributed by atoms with E-state index in [1.54, 1.807) is 0 Å². The Balaban J connectivity index is 2.72. The quantitative estimate of drug-likeness (QED) is 0.684. The molecular formula is C11H21N3. The van der Waals surface area contributed by atoms with Crippen LogP contribution in [0.25, 0.3) is 0 Å². The molecule has 14 heavy (non-hydrogen) atoms. The van der Waals surface area contributed by atoms with E-state index in [0.717, 1.165) is 31.0 Å². The van der Waals surface area contributed by atoms with Crippen LogP contribution in [-0.4, -0.2) is 37.3 Å². The van der Waals surface area contributed by atoms with Crippen molar-refractivity contribution in [1.82, 2.24) is 4.90 Å². The van der Waals surface area contributed by atoms with Crippen LogP contribution in [0.15, 0.2) is 16.8 Å². The van der Waals surface area contributed by atoms with Crippen LogP contribution in [0.4, 0.5) is 0 Å². The van der Waals surface area contributed by atoms with Gasteiger partial charge in [0.25, 0.3) is 0 Å². The van der Waals surface area contributed by atoms with Gasteiger partial charge in [0, 0.05) is 24.2 Å². The van der Waals surface area contributed by atoms with Crippen LogP contribution in [0, 0.1) is 5.41 Å². The Kier molecular flexibility index (Phi) is 3.32. The third-order valence-corrected chi connectivity index (χ3v) is 2.42.